The lowest BCUT2D eigenvalue weighted by Crippen LogP contribution is -2.53. The summed E-state index contributed by atoms with van der Waals surface area (Å²) in [4.78, 5) is 20.7. The van der Waals surface area contributed by atoms with Crippen LogP contribution < -0.4 is 4.74 Å². The molecule has 2 heterocycles. The Morgan fingerprint density at radius 3 is 2.31 bits per heavy atom. The van der Waals surface area contributed by atoms with E-state index in [4.69, 9.17) is 18.9 Å². The summed E-state index contributed by atoms with van der Waals surface area (Å²) in [6.07, 6.45) is 3.87. The fourth-order valence-electron chi connectivity index (χ4n) is 6.45. The van der Waals surface area contributed by atoms with E-state index in [-0.39, 0.29) is 24.0 Å². The molecule has 51 heavy (non-hydrogen) atoms. The summed E-state index contributed by atoms with van der Waals surface area (Å²) in [7, 11) is 0. The zero-order valence-electron chi connectivity index (χ0n) is 29.8. The van der Waals surface area contributed by atoms with E-state index in [2.05, 4.69) is 71.7 Å². The maximum absolute atomic E-state index is 13.5. The fourth-order valence-corrected chi connectivity index (χ4v) is 7.49. The number of hydrogen-bond acceptors (Lipinski definition) is 7. The van der Waals surface area contributed by atoms with E-state index in [0.717, 1.165) is 28.4 Å². The van der Waals surface area contributed by atoms with Gasteiger partial charge in [-0.1, -0.05) is 78.9 Å². The molecule has 8 heteroatoms. The fraction of sp³-hybridized carbons (Fsp3) is 0.349. The summed E-state index contributed by atoms with van der Waals surface area (Å²) in [5, 5.41) is 2.38. The quantitative estimate of drug-likeness (QED) is 0.0843. The molecule has 1 fully saturated rings. The van der Waals surface area contributed by atoms with Crippen molar-refractivity contribution in [2.75, 3.05) is 32.1 Å². The Hall–Kier alpha value is -4.37. The number of fused-ring (bicyclic) bond motifs is 1. The van der Waals surface area contributed by atoms with Gasteiger partial charge in [0.2, 0.25) is 0 Å². The molecule has 266 valence electrons. The van der Waals surface area contributed by atoms with Crippen molar-refractivity contribution in [1.82, 2.24) is 9.88 Å². The van der Waals surface area contributed by atoms with Crippen molar-refractivity contribution >= 4 is 28.6 Å². The normalized spacial score (nSPS) is 17.7. The molecular formula is C43H48N2O5S. The Labute approximate surface area is 306 Å². The minimum absolute atomic E-state index is 0.0407. The van der Waals surface area contributed by atoms with E-state index in [9.17, 15) is 4.79 Å². The van der Waals surface area contributed by atoms with Crippen LogP contribution in [-0.2, 0) is 27.4 Å². The number of pyridine rings is 1. The zero-order chi connectivity index (χ0) is 35.5. The summed E-state index contributed by atoms with van der Waals surface area (Å²) in [6, 6.07) is 37.5. The number of benzene rings is 4. The van der Waals surface area contributed by atoms with Crippen LogP contribution in [-0.4, -0.2) is 59.7 Å². The number of piperidine rings is 1. The largest absolute Gasteiger partial charge is 0.494 e. The van der Waals surface area contributed by atoms with Gasteiger partial charge in [-0.15, -0.1) is 11.8 Å². The van der Waals surface area contributed by atoms with Gasteiger partial charge in [-0.05, 0) is 84.5 Å². The number of thioether (sulfide) groups is 1. The van der Waals surface area contributed by atoms with Crippen molar-refractivity contribution < 1.29 is 23.7 Å². The minimum Gasteiger partial charge on any atom is -0.494 e. The summed E-state index contributed by atoms with van der Waals surface area (Å²) < 4.78 is 24.6. The van der Waals surface area contributed by atoms with E-state index in [1.165, 1.54) is 21.9 Å². The molecule has 0 radical (unpaired) electrons. The van der Waals surface area contributed by atoms with Gasteiger partial charge in [0.15, 0.2) is 0 Å². The van der Waals surface area contributed by atoms with Gasteiger partial charge < -0.3 is 23.8 Å². The Balaban J connectivity index is 1.18. The van der Waals surface area contributed by atoms with Crippen molar-refractivity contribution in [3.8, 4) is 5.75 Å². The molecule has 4 aromatic carbocycles. The smallest absolute Gasteiger partial charge is 0.410 e. The minimum atomic E-state index is -0.597. The second kappa shape index (κ2) is 17.7. The molecule has 1 aromatic heterocycles. The van der Waals surface area contributed by atoms with Gasteiger partial charge in [0.1, 0.15) is 11.4 Å². The van der Waals surface area contributed by atoms with Crippen LogP contribution in [0.1, 0.15) is 49.8 Å². The second-order valence-electron chi connectivity index (χ2n) is 14.0. The van der Waals surface area contributed by atoms with E-state index < -0.39 is 5.60 Å². The predicted molar refractivity (Wildman–Crippen MR) is 204 cm³/mol. The number of ether oxygens (including phenoxy) is 4. The molecule has 5 aromatic rings. The summed E-state index contributed by atoms with van der Waals surface area (Å²) in [5.74, 6) is 1.76. The average molecular weight is 705 g/mol. The third-order valence-corrected chi connectivity index (χ3v) is 10.1. The highest BCUT2D eigenvalue weighted by Gasteiger charge is 2.41. The summed E-state index contributed by atoms with van der Waals surface area (Å²) in [6.45, 7) is 8.97. The first-order chi connectivity index (χ1) is 24.8. The summed E-state index contributed by atoms with van der Waals surface area (Å²) >= 11 is 1.78. The SMILES string of the molecule is CC(C)(C)OC(=O)N1CC(CSc2ccncc2)C(c2ccc(OCCCOCc3ccccc3)cc2)C(OCc2ccc3ccccc3c2)C1. The highest BCUT2D eigenvalue weighted by atomic mass is 32.2. The van der Waals surface area contributed by atoms with Crippen LogP contribution in [0.5, 0.6) is 5.75 Å². The molecule has 1 amide bonds. The van der Waals surface area contributed by atoms with Gasteiger partial charge in [0.05, 0.1) is 39.1 Å². The summed E-state index contributed by atoms with van der Waals surface area (Å²) in [5.41, 5.74) is 2.84. The number of amides is 1. The molecule has 0 aliphatic carbocycles. The number of hydrogen-bond donors (Lipinski definition) is 0. The van der Waals surface area contributed by atoms with Gasteiger partial charge in [-0.25, -0.2) is 4.79 Å². The number of aromatic nitrogens is 1. The average Bonchev–Trinajstić information content (AvgIpc) is 3.14. The molecular weight excluding hydrogens is 657 g/mol. The van der Waals surface area contributed by atoms with Gasteiger partial charge >= 0.3 is 6.09 Å². The molecule has 6 rings (SSSR count). The van der Waals surface area contributed by atoms with Crippen LogP contribution in [0.2, 0.25) is 0 Å². The van der Waals surface area contributed by atoms with Crippen LogP contribution in [0.3, 0.4) is 0 Å². The second-order valence-corrected chi connectivity index (χ2v) is 15.1. The van der Waals surface area contributed by atoms with Crippen molar-refractivity contribution in [2.45, 2.75) is 62.9 Å². The van der Waals surface area contributed by atoms with Gasteiger partial charge in [0.25, 0.3) is 0 Å². The van der Waals surface area contributed by atoms with Crippen molar-refractivity contribution in [2.24, 2.45) is 5.92 Å². The van der Waals surface area contributed by atoms with Crippen molar-refractivity contribution in [3.63, 3.8) is 0 Å². The molecule has 7 nitrogen and oxygen atoms in total. The Morgan fingerprint density at radius 1 is 0.804 bits per heavy atom. The maximum Gasteiger partial charge on any atom is 0.410 e. The predicted octanol–water partition coefficient (Wildman–Crippen LogP) is 9.55. The lowest BCUT2D eigenvalue weighted by Gasteiger charge is -2.44. The Bertz CT molecular complexity index is 1810. The van der Waals surface area contributed by atoms with Crippen LogP contribution in [0, 0.1) is 5.92 Å². The molecule has 0 saturated carbocycles. The van der Waals surface area contributed by atoms with Crippen LogP contribution in [0.25, 0.3) is 10.8 Å². The zero-order valence-corrected chi connectivity index (χ0v) is 30.6. The molecule has 3 unspecified atom stereocenters. The first-order valence-electron chi connectivity index (χ1n) is 17.8. The van der Waals surface area contributed by atoms with E-state index in [1.807, 2.05) is 80.5 Å². The van der Waals surface area contributed by atoms with Gasteiger partial charge in [-0.3, -0.25) is 4.98 Å². The first kappa shape index (κ1) is 36.4. The monoisotopic (exact) mass is 704 g/mol. The highest BCUT2D eigenvalue weighted by molar-refractivity contribution is 7.99. The maximum atomic E-state index is 13.5. The van der Waals surface area contributed by atoms with E-state index in [1.54, 1.807) is 11.8 Å². The van der Waals surface area contributed by atoms with Crippen molar-refractivity contribution in [3.05, 3.63) is 138 Å². The van der Waals surface area contributed by atoms with Gasteiger partial charge in [0, 0.05) is 41.9 Å². The number of carbonyl (C=O) groups is 1. The molecule has 3 atom stereocenters. The number of carbonyl (C=O) groups excluding carboxylic acids is 1. The lowest BCUT2D eigenvalue weighted by molar-refractivity contribution is -0.0495. The first-order valence-corrected chi connectivity index (χ1v) is 18.7. The van der Waals surface area contributed by atoms with E-state index in [0.29, 0.717) is 39.5 Å². The molecule has 0 bridgehead atoms. The molecule has 0 spiro atoms. The van der Waals surface area contributed by atoms with Crippen LogP contribution in [0.15, 0.2) is 126 Å². The standard InChI is InChI=1S/C43H48N2O5S/c1-43(2,3)50-42(46)45-27-37(31-51-39-20-22-44-23-21-39)41(40(28-45)49-30-33-14-15-34-12-7-8-13-36(34)26-33)35-16-18-38(19-17-35)48-25-9-24-47-29-32-10-5-4-6-11-32/h4-8,10-23,26,37,40-41H,9,24-25,27-31H2,1-3H3. The molecule has 0 N–H and O–H groups in total. The molecule has 1 saturated heterocycles. The van der Waals surface area contributed by atoms with Gasteiger partial charge in [-0.2, -0.15) is 0 Å². The number of rotatable bonds is 14. The topological polar surface area (TPSA) is 70.1 Å². The van der Waals surface area contributed by atoms with Crippen molar-refractivity contribution in [1.29, 1.82) is 0 Å². The third-order valence-electron chi connectivity index (χ3n) is 8.89. The third kappa shape index (κ3) is 10.8. The lowest BCUT2D eigenvalue weighted by atomic mass is 9.79. The van der Waals surface area contributed by atoms with Crippen LogP contribution >= 0.6 is 11.8 Å². The molecule has 1 aliphatic heterocycles. The van der Waals surface area contributed by atoms with E-state index >= 15 is 0 Å². The number of nitrogens with zero attached hydrogens (tertiary/aromatic N) is 2. The Kier molecular flexibility index (Phi) is 12.7. The molecule has 1 aliphatic rings. The Morgan fingerprint density at radius 2 is 1.55 bits per heavy atom. The highest BCUT2D eigenvalue weighted by Crippen LogP contribution is 2.39. The number of likely N-dealkylation sites (tertiary alicyclic amines) is 1. The van der Waals surface area contributed by atoms with Crippen LogP contribution in [0.4, 0.5) is 4.79 Å².